The molecule has 8 heteroatoms. The first-order chi connectivity index (χ1) is 9.63. The first kappa shape index (κ1) is 13.4. The van der Waals surface area contributed by atoms with Crippen LogP contribution in [0.5, 0.6) is 0 Å². The lowest BCUT2D eigenvalue weighted by molar-refractivity contribution is -0.133. The summed E-state index contributed by atoms with van der Waals surface area (Å²) in [5, 5.41) is 20.3. The van der Waals surface area contributed by atoms with Crippen molar-refractivity contribution >= 4 is 23.6 Å². The zero-order valence-corrected chi connectivity index (χ0v) is 11.7. The molecular weight excluding hydrogens is 280 g/mol. The van der Waals surface area contributed by atoms with Gasteiger partial charge < -0.3 is 10.4 Å². The number of rotatable bonds is 7. The molecular formula is C12H16N4O3S. The number of carboxylic acid groups (broad SMARTS) is 1. The van der Waals surface area contributed by atoms with Gasteiger partial charge in [-0.25, -0.2) is 0 Å². The summed E-state index contributed by atoms with van der Waals surface area (Å²) < 4.78 is 1.77. The third kappa shape index (κ3) is 3.30. The second-order valence-electron chi connectivity index (χ2n) is 5.23. The Morgan fingerprint density at radius 3 is 2.65 bits per heavy atom. The van der Waals surface area contributed by atoms with Crippen molar-refractivity contribution in [2.24, 2.45) is 0 Å². The predicted molar refractivity (Wildman–Crippen MR) is 71.5 cm³/mol. The fourth-order valence-corrected chi connectivity index (χ4v) is 2.63. The molecule has 0 bridgehead atoms. The fraction of sp³-hybridized carbons (Fsp3) is 0.667. The van der Waals surface area contributed by atoms with Crippen LogP contribution in [0.3, 0.4) is 0 Å². The summed E-state index contributed by atoms with van der Waals surface area (Å²) in [6.45, 7) is 0.178. The van der Waals surface area contributed by atoms with Gasteiger partial charge in [0.05, 0.1) is 5.75 Å². The van der Waals surface area contributed by atoms with Crippen LogP contribution in [0, 0.1) is 0 Å². The first-order valence-electron chi connectivity index (χ1n) is 6.70. The van der Waals surface area contributed by atoms with Gasteiger partial charge >= 0.3 is 5.97 Å². The molecule has 0 radical (unpaired) electrons. The molecule has 2 N–H and O–H groups in total. The normalized spacial score (nSPS) is 18.0. The molecule has 0 saturated heterocycles. The van der Waals surface area contributed by atoms with Crippen LogP contribution in [0.2, 0.25) is 0 Å². The average molecular weight is 296 g/mol. The van der Waals surface area contributed by atoms with Gasteiger partial charge in [-0.2, -0.15) is 0 Å². The van der Waals surface area contributed by atoms with E-state index in [0.29, 0.717) is 17.1 Å². The fourth-order valence-electron chi connectivity index (χ4n) is 1.97. The SMILES string of the molecule is O=C(O)CSc1nnc(C2CC2)n1CC(=O)NC1CC1. The van der Waals surface area contributed by atoms with E-state index in [1.54, 1.807) is 4.57 Å². The molecule has 1 aromatic heterocycles. The van der Waals surface area contributed by atoms with Gasteiger partial charge in [0.15, 0.2) is 5.16 Å². The highest BCUT2D eigenvalue weighted by atomic mass is 32.2. The average Bonchev–Trinajstić information content (AvgIpc) is 3.29. The largest absolute Gasteiger partial charge is 0.481 e. The number of aromatic nitrogens is 3. The lowest BCUT2D eigenvalue weighted by Crippen LogP contribution is -2.30. The number of thioether (sulfide) groups is 1. The van der Waals surface area contributed by atoms with Crippen LogP contribution in [0.15, 0.2) is 5.16 Å². The van der Waals surface area contributed by atoms with Crippen LogP contribution in [0.25, 0.3) is 0 Å². The molecule has 0 unspecified atom stereocenters. The number of aliphatic carboxylic acids is 1. The van der Waals surface area contributed by atoms with Crippen molar-refractivity contribution in [1.29, 1.82) is 0 Å². The number of carbonyl (C=O) groups excluding carboxylic acids is 1. The Labute approximate surface area is 120 Å². The van der Waals surface area contributed by atoms with Crippen LogP contribution in [-0.4, -0.2) is 43.5 Å². The maximum Gasteiger partial charge on any atom is 0.313 e. The zero-order valence-electron chi connectivity index (χ0n) is 10.9. The summed E-state index contributed by atoms with van der Waals surface area (Å²) in [6, 6.07) is 0.318. The van der Waals surface area contributed by atoms with Gasteiger partial charge in [0.2, 0.25) is 5.91 Å². The number of hydrogen-bond donors (Lipinski definition) is 2. The van der Waals surface area contributed by atoms with Crippen LogP contribution < -0.4 is 5.32 Å². The van der Waals surface area contributed by atoms with E-state index in [-0.39, 0.29) is 18.2 Å². The van der Waals surface area contributed by atoms with Gasteiger partial charge in [0.1, 0.15) is 12.4 Å². The van der Waals surface area contributed by atoms with E-state index in [1.165, 1.54) is 0 Å². The molecule has 0 spiro atoms. The molecule has 20 heavy (non-hydrogen) atoms. The molecule has 3 rings (SSSR count). The highest BCUT2D eigenvalue weighted by molar-refractivity contribution is 7.99. The quantitative estimate of drug-likeness (QED) is 0.716. The molecule has 0 aliphatic heterocycles. The Hall–Kier alpha value is -1.57. The second kappa shape index (κ2) is 5.43. The summed E-state index contributed by atoms with van der Waals surface area (Å²) in [6.07, 6.45) is 4.21. The smallest absolute Gasteiger partial charge is 0.313 e. The number of nitrogens with one attached hydrogen (secondary N) is 1. The summed E-state index contributed by atoms with van der Waals surface area (Å²) in [7, 11) is 0. The van der Waals surface area contributed by atoms with Crippen molar-refractivity contribution in [2.45, 2.75) is 49.3 Å². The Balaban J connectivity index is 1.71. The van der Waals surface area contributed by atoms with Crippen molar-refractivity contribution in [2.75, 3.05) is 5.75 Å². The minimum absolute atomic E-state index is 0.0497. The van der Waals surface area contributed by atoms with Crippen LogP contribution in [0.4, 0.5) is 0 Å². The highest BCUT2D eigenvalue weighted by Gasteiger charge is 2.32. The van der Waals surface area contributed by atoms with Gasteiger partial charge in [-0.15, -0.1) is 10.2 Å². The number of nitrogens with zero attached hydrogens (tertiary/aromatic N) is 3. The Morgan fingerprint density at radius 1 is 1.30 bits per heavy atom. The van der Waals surface area contributed by atoms with E-state index >= 15 is 0 Å². The molecule has 7 nitrogen and oxygen atoms in total. The topological polar surface area (TPSA) is 97.1 Å². The lowest BCUT2D eigenvalue weighted by Gasteiger charge is -2.09. The number of amides is 1. The molecule has 2 aliphatic carbocycles. The number of hydrogen-bond acceptors (Lipinski definition) is 5. The predicted octanol–water partition coefficient (Wildman–Crippen LogP) is 0.611. The summed E-state index contributed by atoms with van der Waals surface area (Å²) in [5.41, 5.74) is 0. The lowest BCUT2D eigenvalue weighted by atomic mass is 10.4. The highest BCUT2D eigenvalue weighted by Crippen LogP contribution is 2.40. The number of carboxylic acids is 1. The summed E-state index contributed by atoms with van der Waals surface area (Å²) >= 11 is 1.11. The second-order valence-corrected chi connectivity index (χ2v) is 6.17. The van der Waals surface area contributed by atoms with Crippen molar-refractivity contribution in [3.05, 3.63) is 5.82 Å². The molecule has 108 valence electrons. The summed E-state index contributed by atoms with van der Waals surface area (Å²) in [4.78, 5) is 22.6. The molecule has 1 heterocycles. The van der Waals surface area contributed by atoms with Gasteiger partial charge in [-0.05, 0) is 25.7 Å². The van der Waals surface area contributed by atoms with E-state index < -0.39 is 5.97 Å². The summed E-state index contributed by atoms with van der Waals surface area (Å²) in [5.74, 6) is 0.151. The van der Waals surface area contributed by atoms with E-state index in [9.17, 15) is 9.59 Å². The Morgan fingerprint density at radius 2 is 2.05 bits per heavy atom. The molecule has 0 atom stereocenters. The van der Waals surface area contributed by atoms with E-state index in [1.807, 2.05) is 0 Å². The van der Waals surface area contributed by atoms with E-state index in [2.05, 4.69) is 15.5 Å². The monoisotopic (exact) mass is 296 g/mol. The molecule has 1 amide bonds. The standard InChI is InChI=1S/C12H16N4O3S/c17-9(13-8-3-4-8)5-16-11(7-1-2-7)14-15-12(16)20-6-10(18)19/h7-8H,1-6H2,(H,13,17)(H,18,19). The van der Waals surface area contributed by atoms with E-state index in [4.69, 9.17) is 5.11 Å². The van der Waals surface area contributed by atoms with Crippen LogP contribution in [0.1, 0.15) is 37.4 Å². The molecule has 0 aromatic carbocycles. The van der Waals surface area contributed by atoms with Crippen molar-refractivity contribution < 1.29 is 14.7 Å². The molecule has 2 fully saturated rings. The van der Waals surface area contributed by atoms with Crippen molar-refractivity contribution in [3.8, 4) is 0 Å². The van der Waals surface area contributed by atoms with Crippen molar-refractivity contribution in [3.63, 3.8) is 0 Å². The first-order valence-corrected chi connectivity index (χ1v) is 7.69. The third-order valence-electron chi connectivity index (χ3n) is 3.26. The number of carbonyl (C=O) groups is 2. The van der Waals surface area contributed by atoms with Gasteiger partial charge in [-0.3, -0.25) is 14.2 Å². The van der Waals surface area contributed by atoms with Gasteiger partial charge in [0.25, 0.3) is 0 Å². The van der Waals surface area contributed by atoms with Gasteiger partial charge in [-0.1, -0.05) is 11.8 Å². The Bertz CT molecular complexity index is 537. The van der Waals surface area contributed by atoms with Crippen LogP contribution in [-0.2, 0) is 16.1 Å². The maximum absolute atomic E-state index is 11.9. The van der Waals surface area contributed by atoms with Crippen molar-refractivity contribution in [1.82, 2.24) is 20.1 Å². The van der Waals surface area contributed by atoms with E-state index in [0.717, 1.165) is 43.3 Å². The molecule has 2 aliphatic rings. The minimum atomic E-state index is -0.903. The maximum atomic E-state index is 11.9. The van der Waals surface area contributed by atoms with Gasteiger partial charge in [0, 0.05) is 12.0 Å². The molecule has 1 aromatic rings. The molecule has 2 saturated carbocycles. The third-order valence-corrected chi connectivity index (χ3v) is 4.21. The zero-order chi connectivity index (χ0) is 14.1. The Kier molecular flexibility index (Phi) is 3.64. The minimum Gasteiger partial charge on any atom is -0.481 e. The van der Waals surface area contributed by atoms with Crippen LogP contribution >= 0.6 is 11.8 Å².